The molecule has 0 saturated carbocycles. The molecule has 0 unspecified atom stereocenters. The van der Waals surface area contributed by atoms with E-state index in [0.29, 0.717) is 52.0 Å². The lowest BCUT2D eigenvalue weighted by Gasteiger charge is -2.41. The number of carbonyl (C=O) groups excluding carboxylic acids is 2. The number of piperidine rings is 2. The van der Waals surface area contributed by atoms with E-state index in [1.807, 2.05) is 42.2 Å². The van der Waals surface area contributed by atoms with Gasteiger partial charge in [0.2, 0.25) is 5.91 Å². The molecule has 6 nitrogen and oxygen atoms in total. The van der Waals surface area contributed by atoms with Gasteiger partial charge in [0, 0.05) is 44.6 Å². The normalized spacial score (nSPS) is 20.5. The molecule has 0 spiro atoms. The highest BCUT2D eigenvalue weighted by Crippen LogP contribution is 2.37. The van der Waals surface area contributed by atoms with Gasteiger partial charge >= 0.3 is 18.4 Å². The van der Waals surface area contributed by atoms with Crippen molar-refractivity contribution >= 4 is 11.9 Å². The van der Waals surface area contributed by atoms with Crippen LogP contribution in [0.15, 0.2) is 48.5 Å². The molecular weight excluding hydrogens is 564 g/mol. The summed E-state index contributed by atoms with van der Waals surface area (Å²) in [7, 11) is 0. The molecule has 1 N–H and O–H groups in total. The second kappa shape index (κ2) is 13.4. The van der Waals surface area contributed by atoms with E-state index in [1.165, 1.54) is 0 Å². The van der Waals surface area contributed by atoms with Crippen molar-refractivity contribution < 1.29 is 40.7 Å². The summed E-state index contributed by atoms with van der Waals surface area (Å²) < 4.78 is 85.6. The molecule has 230 valence electrons. The minimum absolute atomic E-state index is 0.0218. The molecule has 3 amide bonds. The van der Waals surface area contributed by atoms with E-state index in [9.17, 15) is 35.9 Å². The third kappa shape index (κ3) is 7.96. The third-order valence-corrected chi connectivity index (χ3v) is 7.92. The Morgan fingerprint density at radius 3 is 2.05 bits per heavy atom. The Hall–Kier alpha value is -3.28. The molecule has 2 atom stereocenters. The Morgan fingerprint density at radius 1 is 0.881 bits per heavy atom. The number of hydrogen-bond donors (Lipinski definition) is 1. The average molecular weight is 600 g/mol. The van der Waals surface area contributed by atoms with Crippen molar-refractivity contribution in [1.29, 1.82) is 0 Å². The lowest BCUT2D eigenvalue weighted by atomic mass is 9.86. The average Bonchev–Trinajstić information content (AvgIpc) is 2.96. The zero-order valence-electron chi connectivity index (χ0n) is 23.3. The summed E-state index contributed by atoms with van der Waals surface area (Å²) in [6.45, 7) is 4.10. The Balaban J connectivity index is 1.41. The molecule has 2 aliphatic heterocycles. The Morgan fingerprint density at radius 2 is 1.48 bits per heavy atom. The van der Waals surface area contributed by atoms with Gasteiger partial charge in [0.1, 0.15) is 0 Å². The number of ether oxygens (including phenoxy) is 1. The SMILES string of the molecule is CCNC(=O)N1CCC(C(=O)N2CC[C@H](OCCc3cc(C(F)(F)F)cc(C(F)(F)F)c3)[C@H](c3ccccc3)C2)CC1. The first-order valence-corrected chi connectivity index (χ1v) is 14.1. The Labute approximate surface area is 241 Å². The van der Waals surface area contributed by atoms with Crippen LogP contribution in [0, 0.1) is 5.92 Å². The number of amides is 3. The molecule has 0 radical (unpaired) electrons. The van der Waals surface area contributed by atoms with Gasteiger partial charge < -0.3 is 19.9 Å². The minimum atomic E-state index is -4.91. The number of nitrogens with one attached hydrogen (secondary N) is 1. The molecule has 2 aliphatic rings. The Kier molecular flexibility index (Phi) is 10.1. The highest BCUT2D eigenvalue weighted by Gasteiger charge is 2.38. The second-order valence-electron chi connectivity index (χ2n) is 10.8. The van der Waals surface area contributed by atoms with Crippen LogP contribution in [0.25, 0.3) is 0 Å². The van der Waals surface area contributed by atoms with Crippen molar-refractivity contribution in [2.75, 3.05) is 39.3 Å². The molecule has 4 rings (SSSR count). The lowest BCUT2D eigenvalue weighted by molar-refractivity contribution is -0.143. The summed E-state index contributed by atoms with van der Waals surface area (Å²) in [4.78, 5) is 29.1. The van der Waals surface area contributed by atoms with Crippen molar-refractivity contribution in [3.8, 4) is 0 Å². The van der Waals surface area contributed by atoms with Crippen LogP contribution < -0.4 is 5.32 Å². The maximum absolute atomic E-state index is 13.4. The maximum atomic E-state index is 13.4. The van der Waals surface area contributed by atoms with Crippen LogP contribution in [-0.4, -0.2) is 67.2 Å². The van der Waals surface area contributed by atoms with Gasteiger partial charge in [0.05, 0.1) is 23.8 Å². The number of alkyl halides is 6. The van der Waals surface area contributed by atoms with Crippen LogP contribution >= 0.6 is 0 Å². The summed E-state index contributed by atoms with van der Waals surface area (Å²) in [5.41, 5.74) is -1.87. The van der Waals surface area contributed by atoms with E-state index in [2.05, 4.69) is 5.32 Å². The molecule has 2 heterocycles. The lowest BCUT2D eigenvalue weighted by Crippen LogP contribution is -2.51. The van der Waals surface area contributed by atoms with Crippen LogP contribution in [0.5, 0.6) is 0 Å². The smallest absolute Gasteiger partial charge is 0.377 e. The topological polar surface area (TPSA) is 61.9 Å². The van der Waals surface area contributed by atoms with Crippen molar-refractivity contribution in [2.24, 2.45) is 5.92 Å². The maximum Gasteiger partial charge on any atom is 0.416 e. The summed E-state index contributed by atoms with van der Waals surface area (Å²) in [5, 5.41) is 2.77. The van der Waals surface area contributed by atoms with Gasteiger partial charge in [0.15, 0.2) is 0 Å². The van der Waals surface area contributed by atoms with E-state index < -0.39 is 23.5 Å². The van der Waals surface area contributed by atoms with Crippen LogP contribution in [0.3, 0.4) is 0 Å². The number of halogens is 6. The fraction of sp³-hybridized carbons (Fsp3) is 0.533. The van der Waals surface area contributed by atoms with Crippen molar-refractivity contribution in [1.82, 2.24) is 15.1 Å². The van der Waals surface area contributed by atoms with Gasteiger partial charge in [0.25, 0.3) is 0 Å². The number of rotatable bonds is 7. The van der Waals surface area contributed by atoms with Crippen molar-refractivity contribution in [2.45, 2.75) is 57.0 Å². The van der Waals surface area contributed by atoms with Gasteiger partial charge in [-0.25, -0.2) is 4.79 Å². The molecule has 42 heavy (non-hydrogen) atoms. The van der Waals surface area contributed by atoms with E-state index >= 15 is 0 Å². The number of benzene rings is 2. The fourth-order valence-corrected chi connectivity index (χ4v) is 5.69. The third-order valence-electron chi connectivity index (χ3n) is 7.92. The first-order chi connectivity index (χ1) is 19.9. The molecular formula is C30H35F6N3O3. The molecule has 0 aliphatic carbocycles. The van der Waals surface area contributed by atoms with Crippen LogP contribution in [0.2, 0.25) is 0 Å². The van der Waals surface area contributed by atoms with Gasteiger partial charge in [-0.15, -0.1) is 0 Å². The highest BCUT2D eigenvalue weighted by atomic mass is 19.4. The molecule has 12 heteroatoms. The standard InChI is InChI=1S/C30H35F6N3O3/c1-2-37-28(41)38-12-8-22(9-13-38)27(40)39-14-10-26(25(19-39)21-6-4-3-5-7-21)42-15-11-20-16-23(29(31,32)33)18-24(17-20)30(34,35)36/h3-7,16-18,22,25-26H,2,8-15,19H2,1H3,(H,37,41)/t25-,26-/m0/s1. The fourth-order valence-electron chi connectivity index (χ4n) is 5.69. The quantitative estimate of drug-likeness (QED) is 0.391. The molecule has 2 aromatic carbocycles. The van der Waals surface area contributed by atoms with E-state index in [4.69, 9.17) is 4.74 Å². The largest absolute Gasteiger partial charge is 0.416 e. The highest BCUT2D eigenvalue weighted by molar-refractivity contribution is 5.80. The summed E-state index contributed by atoms with van der Waals surface area (Å²) in [6.07, 6.45) is -8.71. The predicted molar refractivity (Wildman–Crippen MR) is 144 cm³/mol. The van der Waals surface area contributed by atoms with E-state index in [0.717, 1.165) is 17.7 Å². The first kappa shape index (κ1) is 31.7. The Bertz CT molecular complexity index is 1180. The number of likely N-dealkylation sites (tertiary alicyclic amines) is 2. The van der Waals surface area contributed by atoms with Gasteiger partial charge in [-0.3, -0.25) is 4.79 Å². The summed E-state index contributed by atoms with van der Waals surface area (Å²) in [5.74, 6) is -0.395. The number of urea groups is 1. The van der Waals surface area contributed by atoms with Crippen molar-refractivity contribution in [3.05, 3.63) is 70.8 Å². The van der Waals surface area contributed by atoms with Crippen molar-refractivity contribution in [3.63, 3.8) is 0 Å². The number of carbonyl (C=O) groups is 2. The zero-order chi connectivity index (χ0) is 30.5. The van der Waals surface area contributed by atoms with Gasteiger partial charge in [-0.1, -0.05) is 30.3 Å². The zero-order valence-corrected chi connectivity index (χ0v) is 23.3. The molecule has 2 fully saturated rings. The van der Waals surface area contributed by atoms with Gasteiger partial charge in [-0.2, -0.15) is 26.3 Å². The first-order valence-electron chi connectivity index (χ1n) is 14.1. The summed E-state index contributed by atoms with van der Waals surface area (Å²) in [6, 6.07) is 10.9. The van der Waals surface area contributed by atoms with Crippen LogP contribution in [0.4, 0.5) is 31.1 Å². The second-order valence-corrected chi connectivity index (χ2v) is 10.8. The van der Waals surface area contributed by atoms with Crippen LogP contribution in [0.1, 0.15) is 54.4 Å². The molecule has 2 saturated heterocycles. The van der Waals surface area contributed by atoms with Gasteiger partial charge in [-0.05, 0) is 61.9 Å². The molecule has 2 aromatic rings. The minimum Gasteiger partial charge on any atom is -0.377 e. The number of nitrogens with zero attached hydrogens (tertiary/aromatic N) is 2. The summed E-state index contributed by atoms with van der Waals surface area (Å²) >= 11 is 0. The predicted octanol–water partition coefficient (Wildman–Crippen LogP) is 6.11. The molecule has 0 aromatic heterocycles. The van der Waals surface area contributed by atoms with Crippen LogP contribution in [-0.2, 0) is 28.3 Å². The van der Waals surface area contributed by atoms with E-state index in [1.54, 1.807) is 4.90 Å². The monoisotopic (exact) mass is 599 g/mol. The van der Waals surface area contributed by atoms with E-state index in [-0.39, 0.29) is 54.5 Å². The number of hydrogen-bond acceptors (Lipinski definition) is 3. The molecule has 0 bridgehead atoms.